The molecular formula is C21H19BrF4N2O. The molecule has 0 amide bonds. The molecule has 0 spiro atoms. The number of hydrogen-bond acceptors (Lipinski definition) is 3. The summed E-state index contributed by atoms with van der Waals surface area (Å²) in [7, 11) is 1.66. The third-order valence-electron chi connectivity index (χ3n) is 3.70. The Hall–Kier alpha value is -2.71. The average Bonchev–Trinajstić information content (AvgIpc) is 2.64. The van der Waals surface area contributed by atoms with Gasteiger partial charge in [0.2, 0.25) is 0 Å². The van der Waals surface area contributed by atoms with Crippen LogP contribution in [0.25, 0.3) is 11.1 Å². The monoisotopic (exact) mass is 470 g/mol. The Morgan fingerprint density at radius 3 is 2.24 bits per heavy atom. The van der Waals surface area contributed by atoms with Crippen molar-refractivity contribution in [3.63, 3.8) is 0 Å². The van der Waals surface area contributed by atoms with Crippen LogP contribution in [-0.2, 0) is 0 Å². The van der Waals surface area contributed by atoms with Gasteiger partial charge < -0.3 is 9.64 Å². The summed E-state index contributed by atoms with van der Waals surface area (Å²) in [5, 5.41) is 9.45. The Bertz CT molecular complexity index is 985. The van der Waals surface area contributed by atoms with E-state index in [4.69, 9.17) is 0 Å². The van der Waals surface area contributed by atoms with Crippen LogP contribution < -0.4 is 9.64 Å². The van der Waals surface area contributed by atoms with Gasteiger partial charge in [-0.1, -0.05) is 19.8 Å². The number of nitriles is 1. The smallest absolute Gasteiger partial charge is 0.406 e. The number of nitrogens with zero attached hydrogens (tertiary/aromatic N) is 2. The lowest BCUT2D eigenvalue weighted by molar-refractivity contribution is -0.274. The second-order valence-corrected chi connectivity index (χ2v) is 6.33. The van der Waals surface area contributed by atoms with Crippen molar-refractivity contribution in [1.29, 1.82) is 5.26 Å². The highest BCUT2D eigenvalue weighted by Gasteiger charge is 2.31. The molecule has 0 aliphatic heterocycles. The molecule has 0 aliphatic rings. The molecule has 0 N–H and O–H groups in total. The van der Waals surface area contributed by atoms with Crippen LogP contribution in [-0.4, -0.2) is 13.4 Å². The molecule has 29 heavy (non-hydrogen) atoms. The van der Waals surface area contributed by atoms with E-state index in [1.807, 2.05) is 13.8 Å². The van der Waals surface area contributed by atoms with Crippen LogP contribution in [0.3, 0.4) is 0 Å². The fraction of sp³-hybridized carbons (Fsp3) is 0.286. The fourth-order valence-electron chi connectivity index (χ4n) is 2.68. The van der Waals surface area contributed by atoms with E-state index >= 15 is 0 Å². The summed E-state index contributed by atoms with van der Waals surface area (Å²) in [5.41, 5.74) is 1.84. The lowest BCUT2D eigenvalue weighted by Crippen LogP contribution is -2.17. The SMILES string of the molecule is CC.CC#CN(C)c1c(C)c(-c2ccc(OC(F)(F)F)cc2F)cc(Br)c1C#N. The summed E-state index contributed by atoms with van der Waals surface area (Å²) >= 11 is 3.29. The molecule has 0 heterocycles. The molecule has 0 aliphatic carbocycles. The summed E-state index contributed by atoms with van der Waals surface area (Å²) in [6, 6.07) is 9.34. The molecule has 0 aromatic heterocycles. The second kappa shape index (κ2) is 10.2. The molecule has 3 nitrogen and oxygen atoms in total. The van der Waals surface area contributed by atoms with Crippen molar-refractivity contribution in [3.05, 3.63) is 45.7 Å². The summed E-state index contributed by atoms with van der Waals surface area (Å²) < 4.78 is 55.6. The summed E-state index contributed by atoms with van der Waals surface area (Å²) in [4.78, 5) is 1.54. The molecular weight excluding hydrogens is 452 g/mol. The van der Waals surface area contributed by atoms with Crippen LogP contribution >= 0.6 is 15.9 Å². The quantitative estimate of drug-likeness (QED) is 0.282. The molecule has 0 radical (unpaired) electrons. The van der Waals surface area contributed by atoms with E-state index in [0.29, 0.717) is 32.9 Å². The van der Waals surface area contributed by atoms with Gasteiger partial charge in [-0.25, -0.2) is 4.39 Å². The molecule has 0 saturated carbocycles. The Balaban J connectivity index is 0.00000204. The van der Waals surface area contributed by atoms with Crippen LogP contribution in [0.1, 0.15) is 31.9 Å². The van der Waals surface area contributed by atoms with Gasteiger partial charge in [-0.15, -0.1) is 13.2 Å². The van der Waals surface area contributed by atoms with E-state index in [1.165, 1.54) is 6.07 Å². The maximum Gasteiger partial charge on any atom is 0.573 e. The van der Waals surface area contributed by atoms with Gasteiger partial charge in [-0.2, -0.15) is 5.26 Å². The van der Waals surface area contributed by atoms with Gasteiger partial charge in [0.25, 0.3) is 0 Å². The standard InChI is InChI=1S/C19H13BrF4N2O.C2H6/c1-4-7-26(3)18-11(2)14(9-16(20)15(18)10-25)13-6-5-12(8-17(13)21)27-19(22,23)24;1-2/h5-6,8-9H,1-3H3;1-2H3. The van der Waals surface area contributed by atoms with Crippen molar-refractivity contribution in [1.82, 2.24) is 0 Å². The Morgan fingerprint density at radius 2 is 1.76 bits per heavy atom. The first-order valence-electron chi connectivity index (χ1n) is 8.54. The molecule has 0 fully saturated rings. The number of hydrogen-bond donors (Lipinski definition) is 0. The number of anilines is 1. The molecule has 154 valence electrons. The first-order valence-corrected chi connectivity index (χ1v) is 9.33. The van der Waals surface area contributed by atoms with E-state index in [-0.39, 0.29) is 5.56 Å². The number of halogens is 5. The lowest BCUT2D eigenvalue weighted by atomic mass is 9.95. The Labute approximate surface area is 176 Å². The van der Waals surface area contributed by atoms with Crippen molar-refractivity contribution in [2.45, 2.75) is 34.1 Å². The fourth-order valence-corrected chi connectivity index (χ4v) is 3.18. The van der Waals surface area contributed by atoms with Gasteiger partial charge >= 0.3 is 6.36 Å². The first kappa shape index (κ1) is 24.3. The van der Waals surface area contributed by atoms with Crippen molar-refractivity contribution < 1.29 is 22.3 Å². The molecule has 0 atom stereocenters. The Morgan fingerprint density at radius 1 is 1.14 bits per heavy atom. The third kappa shape index (κ3) is 5.88. The summed E-state index contributed by atoms with van der Waals surface area (Å²) in [6.07, 6.45) is -4.91. The zero-order chi connectivity index (χ0) is 22.4. The molecule has 2 aromatic rings. The lowest BCUT2D eigenvalue weighted by Gasteiger charge is -2.20. The zero-order valence-electron chi connectivity index (χ0n) is 16.5. The van der Waals surface area contributed by atoms with Gasteiger partial charge in [-0.05, 0) is 59.1 Å². The minimum Gasteiger partial charge on any atom is -0.406 e. The number of alkyl halides is 3. The number of rotatable bonds is 3. The maximum atomic E-state index is 14.5. The van der Waals surface area contributed by atoms with Crippen molar-refractivity contribution in [2.75, 3.05) is 11.9 Å². The molecule has 0 saturated heterocycles. The summed E-state index contributed by atoms with van der Waals surface area (Å²) in [6.45, 7) is 7.32. The minimum atomic E-state index is -4.91. The van der Waals surface area contributed by atoms with Gasteiger partial charge in [0.1, 0.15) is 17.6 Å². The van der Waals surface area contributed by atoms with E-state index in [2.05, 4.69) is 38.7 Å². The van der Waals surface area contributed by atoms with E-state index in [1.54, 1.807) is 31.9 Å². The molecule has 2 aromatic carbocycles. The first-order chi connectivity index (χ1) is 13.6. The van der Waals surface area contributed by atoms with Gasteiger partial charge in [-0.3, -0.25) is 0 Å². The van der Waals surface area contributed by atoms with Crippen molar-refractivity contribution >= 4 is 21.6 Å². The molecule has 0 unspecified atom stereocenters. The normalized spacial score (nSPS) is 10.1. The molecule has 8 heteroatoms. The van der Waals surface area contributed by atoms with Gasteiger partial charge in [0.15, 0.2) is 0 Å². The van der Waals surface area contributed by atoms with Crippen LogP contribution in [0.2, 0.25) is 0 Å². The second-order valence-electron chi connectivity index (χ2n) is 5.48. The average molecular weight is 471 g/mol. The van der Waals surface area contributed by atoms with Gasteiger partial charge in [0.05, 0.1) is 11.3 Å². The largest absolute Gasteiger partial charge is 0.573 e. The highest BCUT2D eigenvalue weighted by atomic mass is 79.9. The maximum absolute atomic E-state index is 14.5. The van der Waals surface area contributed by atoms with Crippen LogP contribution in [0.4, 0.5) is 23.2 Å². The molecule has 0 bridgehead atoms. The van der Waals surface area contributed by atoms with E-state index in [0.717, 1.165) is 6.07 Å². The molecule has 2 rings (SSSR count). The summed E-state index contributed by atoms with van der Waals surface area (Å²) in [5.74, 6) is 1.19. The van der Waals surface area contributed by atoms with Crippen LogP contribution in [0.15, 0.2) is 28.7 Å². The minimum absolute atomic E-state index is 0.0753. The Kier molecular flexibility index (Phi) is 8.54. The van der Waals surface area contributed by atoms with Gasteiger partial charge in [0, 0.05) is 29.2 Å². The predicted molar refractivity (Wildman–Crippen MR) is 109 cm³/mol. The van der Waals surface area contributed by atoms with Crippen LogP contribution in [0, 0.1) is 36.0 Å². The zero-order valence-corrected chi connectivity index (χ0v) is 18.1. The number of benzene rings is 2. The van der Waals surface area contributed by atoms with Crippen molar-refractivity contribution in [2.24, 2.45) is 0 Å². The van der Waals surface area contributed by atoms with Crippen molar-refractivity contribution in [3.8, 4) is 34.9 Å². The van der Waals surface area contributed by atoms with E-state index < -0.39 is 17.9 Å². The highest BCUT2D eigenvalue weighted by Crippen LogP contribution is 2.39. The van der Waals surface area contributed by atoms with E-state index in [9.17, 15) is 22.8 Å². The highest BCUT2D eigenvalue weighted by molar-refractivity contribution is 9.10. The van der Waals surface area contributed by atoms with Crippen LogP contribution in [0.5, 0.6) is 5.75 Å². The predicted octanol–water partition coefficient (Wildman–Crippen LogP) is 6.78. The number of ether oxygens (including phenoxy) is 1. The topological polar surface area (TPSA) is 36.3 Å². The third-order valence-corrected chi connectivity index (χ3v) is 4.32.